The van der Waals surface area contributed by atoms with Gasteiger partial charge in [-0.1, -0.05) is 285 Å². The molecule has 0 aliphatic heterocycles. The summed E-state index contributed by atoms with van der Waals surface area (Å²) >= 11 is 0. The predicted molar refractivity (Wildman–Crippen MR) is 367 cm³/mol. The normalized spacial score (nSPS) is 14.2. The number of likely N-dealkylation sites (N-methyl/N-ethyl adjacent to an activating group) is 1. The molecule has 0 rings (SSSR count). The number of esters is 1. The van der Waals surface area contributed by atoms with E-state index in [-0.39, 0.29) is 24.9 Å². The maximum atomic E-state index is 13.6. The first-order valence-electron chi connectivity index (χ1n) is 35.2. The number of hydrogen-bond donors (Lipinski definition) is 1. The van der Waals surface area contributed by atoms with Crippen LogP contribution in [0, 0.1) is 0 Å². The Bertz CT molecular complexity index is 1820. The molecule has 0 saturated carbocycles. The van der Waals surface area contributed by atoms with E-state index < -0.39 is 26.6 Å². The zero-order valence-electron chi connectivity index (χ0n) is 56.0. The Kier molecular flexibility index (Phi) is 61.2. The maximum absolute atomic E-state index is 13.6. The van der Waals surface area contributed by atoms with Crippen molar-refractivity contribution in [1.82, 2.24) is 5.32 Å². The van der Waals surface area contributed by atoms with Crippen LogP contribution in [0.4, 0.5) is 0 Å². The monoisotopic (exact) mass is 1200 g/mol. The van der Waals surface area contributed by atoms with Crippen molar-refractivity contribution in [2.75, 3.05) is 40.9 Å². The molecule has 3 atom stereocenters. The minimum atomic E-state index is -4.72. The van der Waals surface area contributed by atoms with Crippen LogP contribution in [0.3, 0.4) is 0 Å². The number of hydrogen-bond acceptors (Lipinski definition) is 7. The van der Waals surface area contributed by atoms with Crippen LogP contribution in [0.15, 0.2) is 109 Å². The van der Waals surface area contributed by atoms with Gasteiger partial charge in [-0.05, 0) is 115 Å². The lowest BCUT2D eigenvalue weighted by Crippen LogP contribution is -2.47. The summed E-state index contributed by atoms with van der Waals surface area (Å²) in [5, 5.41) is 3.03. The molecule has 0 aliphatic carbocycles. The average molecular weight is 1210 g/mol. The smallest absolute Gasteiger partial charge is 0.306 e. The second-order valence-electron chi connectivity index (χ2n) is 24.6. The number of phosphoric ester groups is 1. The summed E-state index contributed by atoms with van der Waals surface area (Å²) in [6, 6.07) is -0.910. The molecule has 0 aromatic carbocycles. The molecule has 0 radical (unpaired) electrons. The van der Waals surface area contributed by atoms with Gasteiger partial charge in [-0.25, -0.2) is 0 Å². The lowest BCUT2D eigenvalue weighted by Gasteiger charge is -2.30. The van der Waals surface area contributed by atoms with Gasteiger partial charge in [0.05, 0.1) is 33.8 Å². The van der Waals surface area contributed by atoms with Crippen molar-refractivity contribution in [3.63, 3.8) is 0 Å². The largest absolute Gasteiger partial charge is 0.756 e. The molecule has 0 spiro atoms. The van der Waals surface area contributed by atoms with Crippen molar-refractivity contribution in [2.24, 2.45) is 0 Å². The number of nitrogens with zero attached hydrogens (tertiary/aromatic N) is 1. The Labute approximate surface area is 525 Å². The van der Waals surface area contributed by atoms with E-state index >= 15 is 0 Å². The maximum Gasteiger partial charge on any atom is 0.306 e. The molecule has 0 aliphatic rings. The number of ether oxygens (including phenoxy) is 1. The van der Waals surface area contributed by atoms with E-state index in [4.69, 9.17) is 13.8 Å². The first-order chi connectivity index (χ1) is 41.4. The molecule has 0 bridgehead atoms. The molecular weight excluding hydrogens is 1070 g/mol. The number of allylic oxidation sites excluding steroid dienone is 17. The van der Waals surface area contributed by atoms with Crippen molar-refractivity contribution in [1.29, 1.82) is 0 Å². The van der Waals surface area contributed by atoms with Crippen LogP contribution in [0.1, 0.15) is 303 Å². The van der Waals surface area contributed by atoms with Gasteiger partial charge in [0.15, 0.2) is 0 Å². The summed E-state index contributed by atoms with van der Waals surface area (Å²) in [4.78, 5) is 40.2. The molecule has 490 valence electrons. The highest BCUT2D eigenvalue weighted by atomic mass is 31.2. The fraction of sp³-hybridized carbons (Fsp3) is 0.733. The van der Waals surface area contributed by atoms with Gasteiger partial charge in [-0.3, -0.25) is 14.2 Å². The highest BCUT2D eigenvalue weighted by molar-refractivity contribution is 7.45. The number of rotatable bonds is 63. The van der Waals surface area contributed by atoms with Crippen LogP contribution in [0.5, 0.6) is 0 Å². The number of phosphoric acid groups is 1. The third-order valence-corrected chi connectivity index (χ3v) is 16.2. The minimum absolute atomic E-state index is 0.0323. The third-order valence-electron chi connectivity index (χ3n) is 15.2. The standard InChI is InChI=1S/C75H133N2O7P/c1-7-10-13-16-19-22-25-28-30-32-34-35-36-37-38-39-40-41-43-44-46-49-52-55-58-61-64-67-74(78)76-72(71-83-85(80,81)82-70-69-77(4,5)6)73(66-63-60-57-54-51-48-27-24-21-18-15-12-9-3)84-75(79)68-65-62-59-56-53-50-47-45-42-33-31-29-26-23-20-17-14-11-8-2/h11,14,19-20,22-23,28-31,34-35,42,45,50,53,63,66,72-73H,7-10,12-13,15-18,21,24-27,32-33,36-41,43-44,46-49,51-52,54-62,64-65,67-71H2,1-6H3,(H-,76,78,80,81)/b14-11-,22-19-,23-20-,30-28-,31-29-,35-34-,45-42-,53-50-,66-63-. The van der Waals surface area contributed by atoms with E-state index in [1.807, 2.05) is 33.3 Å². The average Bonchev–Trinajstić information content (AvgIpc) is 3.50. The molecule has 3 unspecified atom stereocenters. The number of nitrogens with one attached hydrogen (secondary N) is 1. The highest BCUT2D eigenvalue weighted by Crippen LogP contribution is 2.38. The van der Waals surface area contributed by atoms with Crippen molar-refractivity contribution in [3.8, 4) is 0 Å². The number of unbranched alkanes of at least 4 members (excludes halogenated alkanes) is 31. The Balaban J connectivity index is 5.13. The van der Waals surface area contributed by atoms with Crippen LogP contribution in [-0.2, 0) is 27.9 Å². The molecule has 9 nitrogen and oxygen atoms in total. The number of carbonyl (C=O) groups excluding carboxylic acids is 2. The second-order valence-corrected chi connectivity index (χ2v) is 26.1. The molecule has 0 aromatic heterocycles. The summed E-state index contributed by atoms with van der Waals surface area (Å²) in [7, 11) is 1.16. The van der Waals surface area contributed by atoms with Crippen LogP contribution in [0.25, 0.3) is 0 Å². The van der Waals surface area contributed by atoms with E-state index in [0.717, 1.165) is 109 Å². The molecule has 0 aromatic rings. The van der Waals surface area contributed by atoms with Gasteiger partial charge in [0.25, 0.3) is 7.82 Å². The van der Waals surface area contributed by atoms with Gasteiger partial charge >= 0.3 is 5.97 Å². The van der Waals surface area contributed by atoms with Crippen LogP contribution < -0.4 is 10.2 Å². The Morgan fingerprint density at radius 3 is 1.16 bits per heavy atom. The number of quaternary nitrogens is 1. The van der Waals surface area contributed by atoms with Crippen LogP contribution >= 0.6 is 7.82 Å². The predicted octanol–water partition coefficient (Wildman–Crippen LogP) is 21.8. The summed E-state index contributed by atoms with van der Waals surface area (Å²) < 4.78 is 30.4. The van der Waals surface area contributed by atoms with Gasteiger partial charge in [0.2, 0.25) is 5.91 Å². The summed E-state index contributed by atoms with van der Waals surface area (Å²) in [6.07, 6.45) is 87.8. The summed E-state index contributed by atoms with van der Waals surface area (Å²) in [5.41, 5.74) is 0. The number of carbonyl (C=O) groups is 2. The van der Waals surface area contributed by atoms with Gasteiger partial charge < -0.3 is 28.5 Å². The highest BCUT2D eigenvalue weighted by Gasteiger charge is 2.27. The van der Waals surface area contributed by atoms with Crippen molar-refractivity contribution in [2.45, 2.75) is 315 Å². The Morgan fingerprint density at radius 2 is 0.753 bits per heavy atom. The van der Waals surface area contributed by atoms with Gasteiger partial charge in [0.1, 0.15) is 19.3 Å². The van der Waals surface area contributed by atoms with Gasteiger partial charge in [-0.2, -0.15) is 0 Å². The van der Waals surface area contributed by atoms with E-state index in [1.54, 1.807) is 0 Å². The zero-order valence-corrected chi connectivity index (χ0v) is 56.9. The lowest BCUT2D eigenvalue weighted by atomic mass is 10.0. The number of amides is 1. The molecule has 0 fully saturated rings. The second kappa shape index (κ2) is 63.7. The van der Waals surface area contributed by atoms with E-state index in [9.17, 15) is 19.0 Å². The fourth-order valence-electron chi connectivity index (χ4n) is 9.79. The van der Waals surface area contributed by atoms with Crippen LogP contribution in [0.2, 0.25) is 0 Å². The van der Waals surface area contributed by atoms with E-state index in [0.29, 0.717) is 23.9 Å². The molecule has 0 saturated heterocycles. The van der Waals surface area contributed by atoms with Gasteiger partial charge in [-0.15, -0.1) is 0 Å². The quantitative estimate of drug-likeness (QED) is 0.0212. The topological polar surface area (TPSA) is 114 Å². The van der Waals surface area contributed by atoms with Crippen molar-refractivity contribution >= 4 is 19.7 Å². The summed E-state index contributed by atoms with van der Waals surface area (Å²) in [6.45, 7) is 6.70. The molecule has 1 N–H and O–H groups in total. The third kappa shape index (κ3) is 65.0. The molecular formula is C75H133N2O7P. The van der Waals surface area contributed by atoms with Crippen LogP contribution in [-0.4, -0.2) is 69.4 Å². The van der Waals surface area contributed by atoms with Crippen molar-refractivity contribution in [3.05, 3.63) is 109 Å². The minimum Gasteiger partial charge on any atom is -0.756 e. The Hall–Kier alpha value is -3.33. The van der Waals surface area contributed by atoms with E-state index in [2.05, 4.69) is 123 Å². The first kappa shape index (κ1) is 81.7. The first-order valence-corrected chi connectivity index (χ1v) is 36.7. The van der Waals surface area contributed by atoms with Gasteiger partial charge in [0, 0.05) is 12.8 Å². The Morgan fingerprint density at radius 1 is 0.424 bits per heavy atom. The molecule has 0 heterocycles. The summed E-state index contributed by atoms with van der Waals surface area (Å²) in [5.74, 6) is -0.578. The van der Waals surface area contributed by atoms with E-state index in [1.165, 1.54) is 154 Å². The molecule has 10 heteroatoms. The zero-order chi connectivity index (χ0) is 62.1. The van der Waals surface area contributed by atoms with Crippen molar-refractivity contribution < 1.29 is 37.3 Å². The fourth-order valence-corrected chi connectivity index (χ4v) is 10.5. The molecule has 1 amide bonds. The SMILES string of the molecule is CC/C=C\C/C=C\C/C=C\C/C=C\C/C=C\CCCCCC(=O)OC(/C=C\CCCCCCCCCCCCC)C(COP(=O)([O-])OCC[N+](C)(C)C)NC(=O)CCCCCCCCCCCCCCCC/C=C\C/C=C\C/C=C\CCCCC. The molecule has 85 heavy (non-hydrogen) atoms. The lowest BCUT2D eigenvalue weighted by molar-refractivity contribution is -0.870.